The molecule has 0 amide bonds. The molecule has 4 rings (SSSR count). The Morgan fingerprint density at radius 3 is 2.96 bits per heavy atom. The maximum Gasteiger partial charge on any atom is 0.134 e. The summed E-state index contributed by atoms with van der Waals surface area (Å²) in [5, 5.41) is 13.1. The molecule has 1 aromatic heterocycles. The van der Waals surface area contributed by atoms with E-state index in [1.54, 1.807) is 6.33 Å². The Morgan fingerprint density at radius 1 is 1.25 bits per heavy atom. The van der Waals surface area contributed by atoms with E-state index in [2.05, 4.69) is 20.2 Å². The second-order valence-corrected chi connectivity index (χ2v) is 7.51. The molecule has 2 saturated heterocycles. The predicted octanol–water partition coefficient (Wildman–Crippen LogP) is 2.34. The molecule has 3 aliphatic rings. The summed E-state index contributed by atoms with van der Waals surface area (Å²) in [4.78, 5) is 11.0. The highest BCUT2D eigenvalue weighted by molar-refractivity contribution is 5.50. The molecule has 1 aliphatic carbocycles. The molecule has 1 aromatic rings. The molecule has 2 N–H and O–H groups in total. The van der Waals surface area contributed by atoms with Gasteiger partial charge in [0.25, 0.3) is 0 Å². The smallest absolute Gasteiger partial charge is 0.134 e. The molecule has 0 bridgehead atoms. The second kappa shape index (κ2) is 6.84. The van der Waals surface area contributed by atoms with E-state index in [1.165, 1.54) is 25.7 Å². The van der Waals surface area contributed by atoms with Crippen LogP contribution >= 0.6 is 0 Å². The van der Waals surface area contributed by atoms with Gasteiger partial charge in [-0.05, 0) is 38.5 Å². The van der Waals surface area contributed by atoms with Gasteiger partial charge < -0.3 is 20.1 Å². The van der Waals surface area contributed by atoms with Gasteiger partial charge >= 0.3 is 0 Å². The Hall–Kier alpha value is -1.40. The first-order chi connectivity index (χ1) is 11.8. The quantitative estimate of drug-likeness (QED) is 0.882. The Kier molecular flexibility index (Phi) is 4.59. The van der Waals surface area contributed by atoms with Crippen LogP contribution in [0.25, 0.3) is 0 Å². The zero-order valence-electron chi connectivity index (χ0n) is 14.3. The van der Waals surface area contributed by atoms with Gasteiger partial charge in [0.1, 0.15) is 18.0 Å². The molecule has 1 spiro atoms. The van der Waals surface area contributed by atoms with E-state index in [9.17, 15) is 5.11 Å². The highest BCUT2D eigenvalue weighted by atomic mass is 16.5. The van der Waals surface area contributed by atoms with Crippen LogP contribution in [0.3, 0.4) is 0 Å². The molecule has 0 radical (unpaired) electrons. The summed E-state index contributed by atoms with van der Waals surface area (Å²) in [6.45, 7) is 1.99. The minimum absolute atomic E-state index is 0.114. The van der Waals surface area contributed by atoms with Crippen LogP contribution < -0.4 is 10.2 Å². The van der Waals surface area contributed by atoms with Gasteiger partial charge in [0.05, 0.1) is 18.2 Å². The van der Waals surface area contributed by atoms with E-state index >= 15 is 0 Å². The number of rotatable bonds is 4. The van der Waals surface area contributed by atoms with Gasteiger partial charge in [-0.15, -0.1) is 0 Å². The van der Waals surface area contributed by atoms with Crippen molar-refractivity contribution in [3.63, 3.8) is 0 Å². The van der Waals surface area contributed by atoms with Gasteiger partial charge in [0.15, 0.2) is 0 Å². The second-order valence-electron chi connectivity index (χ2n) is 7.51. The molecule has 2 aliphatic heterocycles. The fourth-order valence-electron chi connectivity index (χ4n) is 4.64. The van der Waals surface area contributed by atoms with E-state index in [1.807, 2.05) is 6.07 Å². The van der Waals surface area contributed by atoms with Crippen LogP contribution in [0, 0.1) is 0 Å². The van der Waals surface area contributed by atoms with E-state index in [-0.39, 0.29) is 18.2 Å². The van der Waals surface area contributed by atoms with E-state index in [0.717, 1.165) is 50.5 Å². The lowest BCUT2D eigenvalue weighted by Gasteiger charge is -2.38. The molecule has 6 nitrogen and oxygen atoms in total. The van der Waals surface area contributed by atoms with Gasteiger partial charge in [-0.3, -0.25) is 0 Å². The summed E-state index contributed by atoms with van der Waals surface area (Å²) < 4.78 is 6.12. The van der Waals surface area contributed by atoms with Crippen LogP contribution in [0.2, 0.25) is 0 Å². The van der Waals surface area contributed by atoms with Crippen molar-refractivity contribution in [3.05, 3.63) is 12.4 Å². The summed E-state index contributed by atoms with van der Waals surface area (Å²) in [7, 11) is 0. The fraction of sp³-hybridized carbons (Fsp3) is 0.778. The van der Waals surface area contributed by atoms with Gasteiger partial charge in [0.2, 0.25) is 0 Å². The zero-order valence-corrected chi connectivity index (χ0v) is 14.3. The number of hydrogen-bond donors (Lipinski definition) is 2. The number of nitrogens with one attached hydrogen (secondary N) is 1. The zero-order chi connectivity index (χ0) is 16.4. The van der Waals surface area contributed by atoms with Crippen LogP contribution in [0.4, 0.5) is 11.6 Å². The average Bonchev–Trinajstić information content (AvgIpc) is 3.25. The standard InChI is InChI=1S/C18H28N4O2/c23-12-15-4-3-8-22(15)17-10-16(19-13-20-17)21-14-5-9-24-18(11-14)6-1-2-7-18/h10,13-15,23H,1-9,11-12H2,(H,19,20,21). The Bertz CT molecular complexity index is 562. The van der Waals surface area contributed by atoms with Crippen LogP contribution in [-0.4, -0.2) is 52.5 Å². The monoisotopic (exact) mass is 332 g/mol. The third-order valence-corrected chi connectivity index (χ3v) is 5.89. The normalized spacial score (nSPS) is 29.3. The van der Waals surface area contributed by atoms with Crippen molar-refractivity contribution < 1.29 is 9.84 Å². The molecule has 6 heteroatoms. The number of ether oxygens (including phenoxy) is 1. The van der Waals surface area contributed by atoms with E-state index in [4.69, 9.17) is 4.74 Å². The van der Waals surface area contributed by atoms with E-state index in [0.29, 0.717) is 6.04 Å². The van der Waals surface area contributed by atoms with Crippen molar-refractivity contribution in [3.8, 4) is 0 Å². The molecule has 3 heterocycles. The highest BCUT2D eigenvalue weighted by Gasteiger charge is 2.40. The topological polar surface area (TPSA) is 70.5 Å². The first-order valence-electron chi connectivity index (χ1n) is 9.38. The minimum atomic E-state index is 0.114. The fourth-order valence-corrected chi connectivity index (χ4v) is 4.64. The van der Waals surface area contributed by atoms with Crippen molar-refractivity contribution in [2.45, 2.75) is 69.1 Å². The number of nitrogens with zero attached hydrogens (tertiary/aromatic N) is 3. The predicted molar refractivity (Wildman–Crippen MR) is 93.3 cm³/mol. The summed E-state index contributed by atoms with van der Waals surface area (Å²) in [6.07, 6.45) is 10.9. The van der Waals surface area contributed by atoms with Gasteiger partial charge in [0, 0.05) is 25.3 Å². The van der Waals surface area contributed by atoms with E-state index < -0.39 is 0 Å². The molecule has 132 valence electrons. The molecule has 3 fully saturated rings. The van der Waals surface area contributed by atoms with Crippen LogP contribution in [-0.2, 0) is 4.74 Å². The molecule has 2 unspecified atom stereocenters. The molecule has 24 heavy (non-hydrogen) atoms. The molecular weight excluding hydrogens is 304 g/mol. The van der Waals surface area contributed by atoms with Crippen molar-refractivity contribution in [2.75, 3.05) is 30.0 Å². The van der Waals surface area contributed by atoms with Crippen molar-refractivity contribution in [1.82, 2.24) is 9.97 Å². The average molecular weight is 332 g/mol. The number of aliphatic hydroxyl groups excluding tert-OH is 1. The van der Waals surface area contributed by atoms with Crippen LogP contribution in [0.1, 0.15) is 51.4 Å². The Balaban J connectivity index is 1.44. The lowest BCUT2D eigenvalue weighted by molar-refractivity contribution is -0.0767. The number of aliphatic hydroxyl groups is 1. The largest absolute Gasteiger partial charge is 0.394 e. The maximum atomic E-state index is 9.53. The molecule has 1 saturated carbocycles. The summed E-state index contributed by atoms with van der Waals surface area (Å²) in [5.41, 5.74) is 0.114. The maximum absolute atomic E-state index is 9.53. The summed E-state index contributed by atoms with van der Waals surface area (Å²) in [6, 6.07) is 2.65. The first-order valence-corrected chi connectivity index (χ1v) is 9.38. The van der Waals surface area contributed by atoms with Crippen molar-refractivity contribution in [2.24, 2.45) is 0 Å². The summed E-state index contributed by atoms with van der Waals surface area (Å²) in [5.74, 6) is 1.82. The summed E-state index contributed by atoms with van der Waals surface area (Å²) >= 11 is 0. The number of hydrogen-bond acceptors (Lipinski definition) is 6. The minimum Gasteiger partial charge on any atom is -0.394 e. The molecular formula is C18H28N4O2. The Morgan fingerprint density at radius 2 is 2.12 bits per heavy atom. The molecule has 0 aromatic carbocycles. The third-order valence-electron chi connectivity index (χ3n) is 5.89. The highest BCUT2D eigenvalue weighted by Crippen LogP contribution is 2.40. The van der Waals surface area contributed by atoms with Gasteiger partial charge in [-0.25, -0.2) is 9.97 Å². The van der Waals surface area contributed by atoms with Crippen LogP contribution in [0.5, 0.6) is 0 Å². The van der Waals surface area contributed by atoms with Crippen molar-refractivity contribution in [1.29, 1.82) is 0 Å². The Labute approximate surface area is 143 Å². The van der Waals surface area contributed by atoms with Gasteiger partial charge in [-0.1, -0.05) is 12.8 Å². The SMILES string of the molecule is OCC1CCCN1c1cc(NC2CCOC3(CCCC3)C2)ncn1. The lowest BCUT2D eigenvalue weighted by atomic mass is 9.89. The van der Waals surface area contributed by atoms with Crippen LogP contribution in [0.15, 0.2) is 12.4 Å². The number of anilines is 2. The lowest BCUT2D eigenvalue weighted by Crippen LogP contribution is -2.42. The first kappa shape index (κ1) is 16.1. The van der Waals surface area contributed by atoms with Gasteiger partial charge in [-0.2, -0.15) is 0 Å². The number of aromatic nitrogens is 2. The molecule has 2 atom stereocenters. The van der Waals surface area contributed by atoms with Crippen molar-refractivity contribution >= 4 is 11.6 Å². The third kappa shape index (κ3) is 3.22.